The van der Waals surface area contributed by atoms with Crippen LogP contribution in [-0.4, -0.2) is 29.9 Å². The molecule has 1 aliphatic heterocycles. The molecule has 2 N–H and O–H groups in total. The Balaban J connectivity index is 2.21. The van der Waals surface area contributed by atoms with Gasteiger partial charge in [0.05, 0.1) is 5.41 Å². The van der Waals surface area contributed by atoms with Gasteiger partial charge in [-0.2, -0.15) is 0 Å². The summed E-state index contributed by atoms with van der Waals surface area (Å²) in [5, 5.41) is 0.661. The van der Waals surface area contributed by atoms with Gasteiger partial charge in [0.1, 0.15) is 0 Å². The van der Waals surface area contributed by atoms with Crippen LogP contribution in [0.25, 0.3) is 0 Å². The van der Waals surface area contributed by atoms with Gasteiger partial charge in [0, 0.05) is 24.2 Å². The van der Waals surface area contributed by atoms with Crippen LogP contribution in [0.4, 0.5) is 0 Å². The van der Waals surface area contributed by atoms with Crippen LogP contribution in [0.3, 0.4) is 0 Å². The number of likely N-dealkylation sites (tertiary alicyclic amines) is 1. The molecule has 19 heavy (non-hydrogen) atoms. The number of rotatable bonds is 2. The van der Waals surface area contributed by atoms with Crippen molar-refractivity contribution in [3.05, 3.63) is 34.9 Å². The molecule has 1 amide bonds. The van der Waals surface area contributed by atoms with Gasteiger partial charge in [-0.15, -0.1) is 0 Å². The van der Waals surface area contributed by atoms with E-state index in [-0.39, 0.29) is 11.9 Å². The Kier molecular flexibility index (Phi) is 4.16. The molecule has 2 rings (SSSR count). The van der Waals surface area contributed by atoms with Crippen LogP contribution in [0.2, 0.25) is 5.02 Å². The lowest BCUT2D eigenvalue weighted by Gasteiger charge is -2.36. The summed E-state index contributed by atoms with van der Waals surface area (Å²) in [7, 11) is 0. The predicted octanol–water partition coefficient (Wildman–Crippen LogP) is 2.57. The van der Waals surface area contributed by atoms with E-state index in [1.54, 1.807) is 0 Å². The Bertz CT molecular complexity index is 473. The molecule has 1 aromatic carbocycles. The molecule has 1 fully saturated rings. The molecular weight excluding hydrogens is 260 g/mol. The van der Waals surface area contributed by atoms with Gasteiger partial charge in [-0.25, -0.2) is 0 Å². The van der Waals surface area contributed by atoms with Crippen LogP contribution < -0.4 is 5.73 Å². The minimum Gasteiger partial charge on any atom is -0.340 e. The molecule has 1 unspecified atom stereocenters. The third-order valence-electron chi connectivity index (χ3n) is 3.83. The summed E-state index contributed by atoms with van der Waals surface area (Å²) in [6.07, 6.45) is 1.99. The molecule has 0 bridgehead atoms. The number of carbonyl (C=O) groups is 1. The minimum atomic E-state index is -0.567. The second-order valence-electron chi connectivity index (χ2n) is 5.79. The van der Waals surface area contributed by atoms with E-state index in [2.05, 4.69) is 0 Å². The number of hydrogen-bond donors (Lipinski definition) is 1. The first-order chi connectivity index (χ1) is 8.91. The average molecular weight is 281 g/mol. The Hall–Kier alpha value is -1.06. The highest BCUT2D eigenvalue weighted by atomic mass is 35.5. The monoisotopic (exact) mass is 280 g/mol. The van der Waals surface area contributed by atoms with Crippen molar-refractivity contribution in [1.82, 2.24) is 4.90 Å². The fourth-order valence-corrected chi connectivity index (χ4v) is 2.78. The van der Waals surface area contributed by atoms with Gasteiger partial charge in [0.2, 0.25) is 5.91 Å². The van der Waals surface area contributed by atoms with Crippen molar-refractivity contribution in [2.24, 2.45) is 5.73 Å². The highest BCUT2D eigenvalue weighted by molar-refractivity contribution is 6.30. The summed E-state index contributed by atoms with van der Waals surface area (Å²) in [4.78, 5) is 14.6. The number of benzene rings is 1. The first-order valence-corrected chi connectivity index (χ1v) is 7.10. The number of halogens is 1. The molecule has 0 radical (unpaired) electrons. The number of nitrogens with two attached hydrogens (primary N) is 1. The van der Waals surface area contributed by atoms with Crippen molar-refractivity contribution in [1.29, 1.82) is 0 Å². The molecule has 4 heteroatoms. The summed E-state index contributed by atoms with van der Waals surface area (Å²) >= 11 is 6.02. The van der Waals surface area contributed by atoms with Gasteiger partial charge >= 0.3 is 0 Å². The molecule has 3 nitrogen and oxygen atoms in total. The quantitative estimate of drug-likeness (QED) is 0.905. The molecule has 1 aromatic rings. The lowest BCUT2D eigenvalue weighted by molar-refractivity contribution is -0.137. The number of carbonyl (C=O) groups excluding carboxylic acids is 1. The van der Waals surface area contributed by atoms with Crippen LogP contribution in [-0.2, 0) is 10.2 Å². The van der Waals surface area contributed by atoms with Gasteiger partial charge in [-0.05, 0) is 44.4 Å². The van der Waals surface area contributed by atoms with E-state index in [9.17, 15) is 4.79 Å². The second-order valence-corrected chi connectivity index (χ2v) is 6.23. The Morgan fingerprint density at radius 1 is 1.47 bits per heavy atom. The van der Waals surface area contributed by atoms with E-state index in [4.69, 9.17) is 17.3 Å². The Labute approximate surface area is 119 Å². The van der Waals surface area contributed by atoms with Crippen molar-refractivity contribution in [2.45, 2.75) is 38.1 Å². The van der Waals surface area contributed by atoms with E-state index < -0.39 is 5.41 Å². The highest BCUT2D eigenvalue weighted by Gasteiger charge is 2.35. The van der Waals surface area contributed by atoms with Gasteiger partial charge in [-0.3, -0.25) is 4.79 Å². The van der Waals surface area contributed by atoms with Gasteiger partial charge < -0.3 is 10.6 Å². The topological polar surface area (TPSA) is 46.3 Å². The predicted molar refractivity (Wildman–Crippen MR) is 78.3 cm³/mol. The maximum absolute atomic E-state index is 12.7. The summed E-state index contributed by atoms with van der Waals surface area (Å²) < 4.78 is 0. The maximum Gasteiger partial charge on any atom is 0.232 e. The maximum atomic E-state index is 12.7. The van der Waals surface area contributed by atoms with Crippen molar-refractivity contribution >= 4 is 17.5 Å². The molecule has 0 aliphatic carbocycles. The molecule has 104 valence electrons. The number of hydrogen-bond acceptors (Lipinski definition) is 2. The summed E-state index contributed by atoms with van der Waals surface area (Å²) in [6, 6.07) is 7.63. The summed E-state index contributed by atoms with van der Waals surface area (Å²) in [6.45, 7) is 5.35. The van der Waals surface area contributed by atoms with E-state index in [1.165, 1.54) is 0 Å². The molecule has 1 saturated heterocycles. The first-order valence-electron chi connectivity index (χ1n) is 6.72. The number of piperidine rings is 1. The van der Waals surface area contributed by atoms with Crippen LogP contribution >= 0.6 is 11.6 Å². The van der Waals surface area contributed by atoms with E-state index >= 15 is 0 Å². The Morgan fingerprint density at radius 3 is 2.84 bits per heavy atom. The molecule has 1 heterocycles. The smallest absolute Gasteiger partial charge is 0.232 e. The van der Waals surface area contributed by atoms with Gasteiger partial charge in [-0.1, -0.05) is 23.7 Å². The normalized spacial score (nSPS) is 20.4. The zero-order valence-electron chi connectivity index (χ0n) is 11.5. The van der Waals surface area contributed by atoms with E-state index in [0.717, 1.165) is 24.9 Å². The molecule has 0 saturated carbocycles. The number of amides is 1. The zero-order valence-corrected chi connectivity index (χ0v) is 12.3. The van der Waals surface area contributed by atoms with Crippen molar-refractivity contribution in [3.63, 3.8) is 0 Å². The highest BCUT2D eigenvalue weighted by Crippen LogP contribution is 2.28. The average Bonchev–Trinajstić information content (AvgIpc) is 2.38. The fourth-order valence-electron chi connectivity index (χ4n) is 2.59. The first kappa shape index (κ1) is 14.4. The zero-order chi connectivity index (χ0) is 14.0. The van der Waals surface area contributed by atoms with Gasteiger partial charge in [0.15, 0.2) is 0 Å². The molecule has 1 aliphatic rings. The second kappa shape index (κ2) is 5.51. The van der Waals surface area contributed by atoms with Crippen molar-refractivity contribution < 1.29 is 4.79 Å². The summed E-state index contributed by atoms with van der Waals surface area (Å²) in [5.74, 6) is 0.130. The third kappa shape index (κ3) is 3.10. The minimum absolute atomic E-state index is 0.105. The van der Waals surface area contributed by atoms with Crippen LogP contribution in [0, 0.1) is 0 Å². The lowest BCUT2D eigenvalue weighted by atomic mass is 9.82. The SMILES string of the molecule is CC(C)(C(=O)N1CCCC(N)C1)c1cccc(Cl)c1. The molecule has 0 aromatic heterocycles. The van der Waals surface area contributed by atoms with Crippen molar-refractivity contribution in [2.75, 3.05) is 13.1 Å². The van der Waals surface area contributed by atoms with Crippen LogP contribution in [0.1, 0.15) is 32.3 Å². The van der Waals surface area contributed by atoms with Crippen LogP contribution in [0.15, 0.2) is 24.3 Å². The van der Waals surface area contributed by atoms with Gasteiger partial charge in [0.25, 0.3) is 0 Å². The molecule has 0 spiro atoms. The standard InChI is InChI=1S/C15H21ClN2O/c1-15(2,11-5-3-6-12(16)9-11)14(19)18-8-4-7-13(17)10-18/h3,5-6,9,13H,4,7-8,10,17H2,1-2H3. The number of nitrogens with zero attached hydrogens (tertiary/aromatic N) is 1. The fraction of sp³-hybridized carbons (Fsp3) is 0.533. The molecular formula is C15H21ClN2O. The summed E-state index contributed by atoms with van der Waals surface area (Å²) in [5.41, 5.74) is 6.33. The van der Waals surface area contributed by atoms with E-state index in [1.807, 2.05) is 43.0 Å². The molecule has 1 atom stereocenters. The third-order valence-corrected chi connectivity index (χ3v) is 4.06. The lowest BCUT2D eigenvalue weighted by Crippen LogP contribution is -2.51. The van der Waals surface area contributed by atoms with Crippen LogP contribution in [0.5, 0.6) is 0 Å². The van der Waals surface area contributed by atoms with Crippen molar-refractivity contribution in [3.8, 4) is 0 Å². The van der Waals surface area contributed by atoms with E-state index in [0.29, 0.717) is 11.6 Å². The largest absolute Gasteiger partial charge is 0.340 e. The Morgan fingerprint density at radius 2 is 2.21 bits per heavy atom.